The molecule has 7 heteroatoms. The monoisotopic (exact) mass is 255 g/mol. The molecule has 6 nitrogen and oxygen atoms in total. The van der Waals surface area contributed by atoms with Crippen molar-refractivity contribution in [2.45, 2.75) is 10.1 Å². The van der Waals surface area contributed by atoms with Crippen molar-refractivity contribution < 1.29 is 19.6 Å². The lowest BCUT2D eigenvalue weighted by Crippen LogP contribution is -2.30. The van der Waals surface area contributed by atoms with Gasteiger partial charge in [-0.3, -0.25) is 10.1 Å². The Balaban J connectivity index is 2.41. The first-order valence-corrected chi connectivity index (χ1v) is 5.72. The van der Waals surface area contributed by atoms with Crippen LogP contribution >= 0.6 is 11.8 Å². The van der Waals surface area contributed by atoms with E-state index >= 15 is 0 Å². The zero-order valence-electron chi connectivity index (χ0n) is 8.66. The molecule has 1 aliphatic rings. The predicted molar refractivity (Wildman–Crippen MR) is 60.5 cm³/mol. The van der Waals surface area contributed by atoms with Gasteiger partial charge in [-0.25, -0.2) is 4.79 Å². The molecule has 2 rings (SSSR count). The van der Waals surface area contributed by atoms with Gasteiger partial charge < -0.3 is 9.84 Å². The fourth-order valence-corrected chi connectivity index (χ4v) is 2.62. The maximum absolute atomic E-state index is 11.0. The van der Waals surface area contributed by atoms with Gasteiger partial charge in [0.05, 0.1) is 29.0 Å². The number of hydrogen-bond donors (Lipinski definition) is 1. The van der Waals surface area contributed by atoms with Crippen LogP contribution in [0.15, 0.2) is 23.1 Å². The molecule has 1 heterocycles. The highest BCUT2D eigenvalue weighted by Gasteiger charge is 2.28. The summed E-state index contributed by atoms with van der Waals surface area (Å²) in [7, 11) is 0. The first-order chi connectivity index (χ1) is 8.09. The van der Waals surface area contributed by atoms with Crippen LogP contribution in [0.1, 0.15) is 10.4 Å². The summed E-state index contributed by atoms with van der Waals surface area (Å²) in [6, 6.07) is 4.06. The van der Waals surface area contributed by atoms with Gasteiger partial charge in [-0.2, -0.15) is 0 Å². The molecule has 1 saturated heterocycles. The van der Waals surface area contributed by atoms with Gasteiger partial charge in [0.15, 0.2) is 0 Å². The number of rotatable bonds is 4. The highest BCUT2D eigenvalue weighted by atomic mass is 32.2. The van der Waals surface area contributed by atoms with Crippen molar-refractivity contribution in [2.75, 3.05) is 13.2 Å². The number of carbonyl (C=O) groups is 1. The van der Waals surface area contributed by atoms with Gasteiger partial charge in [-0.05, 0) is 6.07 Å². The van der Waals surface area contributed by atoms with E-state index in [2.05, 4.69) is 0 Å². The standard InChI is InChI=1S/C10H9NO5S/c12-10(13)7-2-1-3-8(11(14)15)9(7)17-6-4-16-5-6/h1-3,6H,4-5H2,(H,12,13). The highest BCUT2D eigenvalue weighted by Crippen LogP contribution is 2.37. The van der Waals surface area contributed by atoms with Gasteiger partial charge in [0.2, 0.25) is 0 Å². The Morgan fingerprint density at radius 1 is 1.53 bits per heavy atom. The highest BCUT2D eigenvalue weighted by molar-refractivity contribution is 8.00. The maximum atomic E-state index is 11.0. The molecule has 0 spiro atoms. The largest absolute Gasteiger partial charge is 0.478 e. The molecular weight excluding hydrogens is 246 g/mol. The van der Waals surface area contributed by atoms with Crippen LogP contribution in [0.5, 0.6) is 0 Å². The van der Waals surface area contributed by atoms with Crippen LogP contribution in [0.3, 0.4) is 0 Å². The number of benzene rings is 1. The summed E-state index contributed by atoms with van der Waals surface area (Å²) in [5, 5.41) is 20.0. The van der Waals surface area contributed by atoms with Crippen molar-refractivity contribution in [1.82, 2.24) is 0 Å². The third-order valence-corrected chi connectivity index (χ3v) is 3.58. The average molecular weight is 255 g/mol. The molecule has 1 fully saturated rings. The molecule has 1 aliphatic heterocycles. The minimum absolute atomic E-state index is 0.0314. The molecule has 0 bridgehead atoms. The molecule has 1 N–H and O–H groups in total. The molecule has 0 radical (unpaired) electrons. The van der Waals surface area contributed by atoms with Crippen LogP contribution in [0.2, 0.25) is 0 Å². The van der Waals surface area contributed by atoms with Crippen LogP contribution in [0, 0.1) is 10.1 Å². The fourth-order valence-electron chi connectivity index (χ4n) is 1.41. The van der Waals surface area contributed by atoms with E-state index in [1.165, 1.54) is 30.0 Å². The summed E-state index contributed by atoms with van der Waals surface area (Å²) >= 11 is 1.19. The molecule has 0 atom stereocenters. The van der Waals surface area contributed by atoms with E-state index in [0.717, 1.165) is 0 Å². The maximum Gasteiger partial charge on any atom is 0.337 e. The molecule has 0 aromatic heterocycles. The van der Waals surface area contributed by atoms with Gasteiger partial charge >= 0.3 is 5.97 Å². The van der Waals surface area contributed by atoms with Crippen LogP contribution in [0.4, 0.5) is 5.69 Å². The average Bonchev–Trinajstić information content (AvgIpc) is 2.22. The lowest BCUT2D eigenvalue weighted by molar-refractivity contribution is -0.387. The quantitative estimate of drug-likeness (QED) is 0.651. The topological polar surface area (TPSA) is 89.7 Å². The summed E-state index contributed by atoms with van der Waals surface area (Å²) < 4.78 is 4.97. The first kappa shape index (κ1) is 11.9. The summed E-state index contributed by atoms with van der Waals surface area (Å²) in [6.45, 7) is 0.992. The number of hydrogen-bond acceptors (Lipinski definition) is 5. The Labute approximate surface area is 101 Å². The van der Waals surface area contributed by atoms with Crippen molar-refractivity contribution in [3.05, 3.63) is 33.9 Å². The Morgan fingerprint density at radius 3 is 2.71 bits per heavy atom. The summed E-state index contributed by atoms with van der Waals surface area (Å²) in [6.07, 6.45) is 0. The number of nitro benzene ring substituents is 1. The number of nitro groups is 1. The van der Waals surface area contributed by atoms with Gasteiger partial charge in [0.1, 0.15) is 4.90 Å². The van der Waals surface area contributed by atoms with E-state index in [1.54, 1.807) is 0 Å². The number of carboxylic acid groups (broad SMARTS) is 1. The first-order valence-electron chi connectivity index (χ1n) is 4.84. The number of thioether (sulfide) groups is 1. The van der Waals surface area contributed by atoms with Gasteiger partial charge in [-0.1, -0.05) is 6.07 Å². The smallest absolute Gasteiger partial charge is 0.337 e. The molecule has 0 amide bonds. The molecule has 0 unspecified atom stereocenters. The van der Waals surface area contributed by atoms with E-state index in [1.807, 2.05) is 0 Å². The van der Waals surface area contributed by atoms with Gasteiger partial charge in [-0.15, -0.1) is 11.8 Å². The lowest BCUT2D eigenvalue weighted by Gasteiger charge is -2.25. The van der Waals surface area contributed by atoms with E-state index in [0.29, 0.717) is 13.2 Å². The molecule has 17 heavy (non-hydrogen) atoms. The molecule has 0 saturated carbocycles. The molecule has 0 aliphatic carbocycles. The molecule has 1 aromatic rings. The number of nitrogens with zero attached hydrogens (tertiary/aromatic N) is 1. The minimum atomic E-state index is -1.16. The van der Waals surface area contributed by atoms with Crippen molar-refractivity contribution in [1.29, 1.82) is 0 Å². The van der Waals surface area contributed by atoms with Gasteiger partial charge in [0, 0.05) is 6.07 Å². The third kappa shape index (κ3) is 2.40. The number of ether oxygens (including phenoxy) is 1. The van der Waals surface area contributed by atoms with E-state index in [9.17, 15) is 14.9 Å². The van der Waals surface area contributed by atoms with Crippen LogP contribution < -0.4 is 0 Å². The minimum Gasteiger partial charge on any atom is -0.478 e. The van der Waals surface area contributed by atoms with Gasteiger partial charge in [0.25, 0.3) is 5.69 Å². The summed E-state index contributed by atoms with van der Waals surface area (Å²) in [4.78, 5) is 21.5. The zero-order valence-corrected chi connectivity index (χ0v) is 9.48. The Kier molecular flexibility index (Phi) is 3.30. The normalized spacial score (nSPS) is 15.3. The molecule has 90 valence electrons. The molecule has 1 aromatic carbocycles. The second kappa shape index (κ2) is 4.72. The summed E-state index contributed by atoms with van der Waals surface area (Å²) in [5.74, 6) is -1.16. The predicted octanol–water partition coefficient (Wildman–Crippen LogP) is 1.78. The SMILES string of the molecule is O=C(O)c1cccc([N+](=O)[O-])c1SC1COC1. The van der Waals surface area contributed by atoms with Crippen LogP contribution in [-0.4, -0.2) is 34.5 Å². The number of carboxylic acids is 1. The second-order valence-corrected chi connectivity index (χ2v) is 4.80. The van der Waals surface area contributed by atoms with Crippen LogP contribution in [0.25, 0.3) is 0 Å². The van der Waals surface area contributed by atoms with Crippen molar-refractivity contribution in [2.24, 2.45) is 0 Å². The van der Waals surface area contributed by atoms with E-state index < -0.39 is 10.9 Å². The zero-order chi connectivity index (χ0) is 12.4. The van der Waals surface area contributed by atoms with Crippen molar-refractivity contribution >= 4 is 23.4 Å². The van der Waals surface area contributed by atoms with Crippen molar-refractivity contribution in [3.8, 4) is 0 Å². The second-order valence-electron chi connectivity index (χ2n) is 3.49. The summed E-state index contributed by atoms with van der Waals surface area (Å²) in [5.41, 5.74) is -0.196. The van der Waals surface area contributed by atoms with E-state index in [4.69, 9.17) is 9.84 Å². The molecular formula is C10H9NO5S. The Bertz CT molecular complexity index is 440. The Hall–Kier alpha value is -1.60. The van der Waals surface area contributed by atoms with Crippen LogP contribution in [-0.2, 0) is 4.74 Å². The number of aromatic carboxylic acids is 1. The third-order valence-electron chi connectivity index (χ3n) is 2.31. The van der Waals surface area contributed by atoms with Crippen molar-refractivity contribution in [3.63, 3.8) is 0 Å². The fraction of sp³-hybridized carbons (Fsp3) is 0.300. The lowest BCUT2D eigenvalue weighted by atomic mass is 10.2. The Morgan fingerprint density at radius 2 is 2.24 bits per heavy atom. The van der Waals surface area contributed by atoms with E-state index in [-0.39, 0.29) is 21.4 Å².